The van der Waals surface area contributed by atoms with Crippen LogP contribution in [0.15, 0.2) is 24.3 Å². The van der Waals surface area contributed by atoms with Gasteiger partial charge in [-0.15, -0.1) is 0 Å². The number of hydrogen-bond acceptors (Lipinski definition) is 4. The second kappa shape index (κ2) is 6.34. The molecule has 2 saturated heterocycles. The number of piperidine rings is 1. The van der Waals surface area contributed by atoms with E-state index in [4.69, 9.17) is 5.26 Å². The Kier molecular flexibility index (Phi) is 4.26. The van der Waals surface area contributed by atoms with Crippen LogP contribution in [0.3, 0.4) is 0 Å². The molecule has 0 bridgehead atoms. The third-order valence-electron chi connectivity index (χ3n) is 4.32. The van der Waals surface area contributed by atoms with Crippen molar-refractivity contribution in [3.63, 3.8) is 0 Å². The number of carbonyl (C=O) groups is 2. The molecule has 0 aliphatic carbocycles. The Morgan fingerprint density at radius 1 is 1.30 bits per heavy atom. The molecule has 120 valence electrons. The molecule has 2 heterocycles. The van der Waals surface area contributed by atoms with Crippen molar-refractivity contribution in [2.45, 2.75) is 25.6 Å². The summed E-state index contributed by atoms with van der Waals surface area (Å²) < 4.78 is 13.0. The molecule has 0 radical (unpaired) electrons. The highest BCUT2D eigenvalue weighted by Gasteiger charge is 2.46. The van der Waals surface area contributed by atoms with E-state index >= 15 is 0 Å². The lowest BCUT2D eigenvalue weighted by atomic mass is 9.91. The zero-order valence-electron chi connectivity index (χ0n) is 12.5. The fourth-order valence-corrected chi connectivity index (χ4v) is 3.19. The summed E-state index contributed by atoms with van der Waals surface area (Å²) in [5, 5.41) is 12.1. The molecule has 0 spiro atoms. The monoisotopic (exact) mass is 316 g/mol. The van der Waals surface area contributed by atoms with E-state index in [0.29, 0.717) is 12.0 Å². The molecular weight excluding hydrogens is 299 g/mol. The van der Waals surface area contributed by atoms with Crippen LogP contribution < -0.4 is 5.32 Å². The van der Waals surface area contributed by atoms with Gasteiger partial charge in [0.1, 0.15) is 12.4 Å². The summed E-state index contributed by atoms with van der Waals surface area (Å²) in [6.45, 7) is 0.741. The van der Waals surface area contributed by atoms with E-state index < -0.39 is 12.2 Å². The highest BCUT2D eigenvalue weighted by Crippen LogP contribution is 2.28. The van der Waals surface area contributed by atoms with Gasteiger partial charge in [0.25, 0.3) is 0 Å². The van der Waals surface area contributed by atoms with Crippen molar-refractivity contribution >= 4 is 11.9 Å². The number of halogens is 1. The maximum atomic E-state index is 13.0. The third kappa shape index (κ3) is 2.90. The van der Waals surface area contributed by atoms with Gasteiger partial charge in [-0.1, -0.05) is 12.1 Å². The minimum Gasteiger partial charge on any atom is -0.296 e. The number of rotatable bonds is 3. The van der Waals surface area contributed by atoms with Crippen LogP contribution in [0.1, 0.15) is 18.4 Å². The van der Waals surface area contributed by atoms with Crippen LogP contribution in [0.5, 0.6) is 0 Å². The van der Waals surface area contributed by atoms with Gasteiger partial charge in [-0.05, 0) is 37.1 Å². The van der Waals surface area contributed by atoms with Crippen LogP contribution in [0, 0.1) is 23.1 Å². The lowest BCUT2D eigenvalue weighted by molar-refractivity contribution is -0.141. The van der Waals surface area contributed by atoms with Gasteiger partial charge in [0, 0.05) is 0 Å². The van der Waals surface area contributed by atoms with Gasteiger partial charge in [0.05, 0.1) is 24.7 Å². The van der Waals surface area contributed by atoms with Crippen LogP contribution in [0.4, 0.5) is 9.18 Å². The smallest absolute Gasteiger partial charge is 0.296 e. The zero-order chi connectivity index (χ0) is 16.4. The van der Waals surface area contributed by atoms with Crippen LogP contribution in [-0.4, -0.2) is 41.0 Å². The second-order valence-electron chi connectivity index (χ2n) is 5.77. The number of benzene rings is 1. The average molecular weight is 316 g/mol. The molecule has 0 saturated carbocycles. The van der Waals surface area contributed by atoms with E-state index in [2.05, 4.69) is 5.32 Å². The molecule has 2 aliphatic rings. The summed E-state index contributed by atoms with van der Waals surface area (Å²) in [5.41, 5.74) is 0.673. The Balaban J connectivity index is 1.86. The number of carbonyl (C=O) groups excluding carboxylic acids is 2. The topological polar surface area (TPSA) is 76.4 Å². The first kappa shape index (κ1) is 15.4. The first-order valence-electron chi connectivity index (χ1n) is 7.58. The third-order valence-corrected chi connectivity index (χ3v) is 4.32. The second-order valence-corrected chi connectivity index (χ2v) is 5.77. The van der Waals surface area contributed by atoms with Crippen molar-refractivity contribution < 1.29 is 14.0 Å². The van der Waals surface area contributed by atoms with E-state index in [1.807, 2.05) is 6.07 Å². The molecule has 2 atom stereocenters. The summed E-state index contributed by atoms with van der Waals surface area (Å²) in [7, 11) is 0. The number of hydrogen-bond donors (Lipinski definition) is 1. The molecule has 2 unspecified atom stereocenters. The van der Waals surface area contributed by atoms with Crippen LogP contribution in [0.25, 0.3) is 0 Å². The molecule has 1 N–H and O–H groups in total. The lowest BCUT2D eigenvalue weighted by Crippen LogP contribution is -2.67. The van der Waals surface area contributed by atoms with Crippen molar-refractivity contribution in [3.8, 4) is 6.07 Å². The summed E-state index contributed by atoms with van der Waals surface area (Å²) >= 11 is 0. The number of imide groups is 1. The van der Waals surface area contributed by atoms with Crippen molar-refractivity contribution in [2.75, 3.05) is 13.1 Å². The molecule has 2 aliphatic heterocycles. The molecule has 7 heteroatoms. The SMILES string of the molecule is N#CCN1C(=O)N(Cc2ccc(F)cc2)C(=O)C2CCCNC21. The number of nitrogens with zero attached hydrogens (tertiary/aromatic N) is 3. The molecule has 6 nitrogen and oxygen atoms in total. The first-order valence-corrected chi connectivity index (χ1v) is 7.58. The van der Waals surface area contributed by atoms with E-state index in [1.165, 1.54) is 21.9 Å². The molecule has 3 amide bonds. The molecule has 2 fully saturated rings. The standard InChI is InChI=1S/C16H17FN4O2/c17-12-5-3-11(4-6-12)10-21-15(22)13-2-1-8-19-14(13)20(9-7-18)16(21)23/h3-6,13-14,19H,1-2,8-10H2. The van der Waals surface area contributed by atoms with Crippen LogP contribution >= 0.6 is 0 Å². The highest BCUT2D eigenvalue weighted by atomic mass is 19.1. The molecule has 1 aromatic rings. The lowest BCUT2D eigenvalue weighted by Gasteiger charge is -2.46. The molecule has 0 aromatic heterocycles. The van der Waals surface area contributed by atoms with Gasteiger partial charge >= 0.3 is 6.03 Å². The van der Waals surface area contributed by atoms with Gasteiger partial charge in [0.2, 0.25) is 5.91 Å². The number of nitrogens with one attached hydrogen (secondary N) is 1. The van der Waals surface area contributed by atoms with E-state index in [1.54, 1.807) is 12.1 Å². The summed E-state index contributed by atoms with van der Waals surface area (Å²) in [4.78, 5) is 27.9. The molecule has 1 aromatic carbocycles. The Hall–Kier alpha value is -2.46. The van der Waals surface area contributed by atoms with Gasteiger partial charge < -0.3 is 0 Å². The van der Waals surface area contributed by atoms with Crippen LogP contribution in [0.2, 0.25) is 0 Å². The number of nitriles is 1. The fourth-order valence-electron chi connectivity index (χ4n) is 3.19. The highest BCUT2D eigenvalue weighted by molar-refractivity contribution is 5.98. The Morgan fingerprint density at radius 3 is 2.74 bits per heavy atom. The van der Waals surface area contributed by atoms with Gasteiger partial charge in [-0.25, -0.2) is 9.18 Å². The van der Waals surface area contributed by atoms with Crippen molar-refractivity contribution in [3.05, 3.63) is 35.6 Å². The van der Waals surface area contributed by atoms with E-state index in [0.717, 1.165) is 13.0 Å². The van der Waals surface area contributed by atoms with E-state index in [9.17, 15) is 14.0 Å². The normalized spacial score (nSPS) is 24.3. The summed E-state index contributed by atoms with van der Waals surface area (Å²) in [5.74, 6) is -0.936. The predicted molar refractivity (Wildman–Crippen MR) is 79.2 cm³/mol. The number of urea groups is 1. The Morgan fingerprint density at radius 2 is 2.04 bits per heavy atom. The summed E-state index contributed by atoms with van der Waals surface area (Å²) in [6.07, 6.45) is 1.13. The largest absolute Gasteiger partial charge is 0.329 e. The van der Waals surface area contributed by atoms with Crippen molar-refractivity contribution in [1.82, 2.24) is 15.1 Å². The zero-order valence-corrected chi connectivity index (χ0v) is 12.5. The van der Waals surface area contributed by atoms with E-state index in [-0.39, 0.29) is 30.7 Å². The Bertz CT molecular complexity index is 655. The summed E-state index contributed by atoms with van der Waals surface area (Å²) in [6, 6.07) is 7.21. The first-order chi connectivity index (χ1) is 11.1. The minimum absolute atomic E-state index is 0.0692. The molecular formula is C16H17FN4O2. The maximum Gasteiger partial charge on any atom is 0.329 e. The van der Waals surface area contributed by atoms with Gasteiger partial charge in [-0.2, -0.15) is 5.26 Å². The minimum atomic E-state index is -0.475. The fraction of sp³-hybridized carbons (Fsp3) is 0.438. The predicted octanol–water partition coefficient (Wildman–Crippen LogP) is 1.44. The van der Waals surface area contributed by atoms with Crippen LogP contribution in [-0.2, 0) is 11.3 Å². The number of amides is 3. The quantitative estimate of drug-likeness (QED) is 0.856. The molecule has 23 heavy (non-hydrogen) atoms. The van der Waals surface area contributed by atoms with Crippen molar-refractivity contribution in [2.24, 2.45) is 5.92 Å². The molecule has 3 rings (SSSR count). The van der Waals surface area contributed by atoms with Gasteiger partial charge in [0.15, 0.2) is 0 Å². The van der Waals surface area contributed by atoms with Gasteiger partial charge in [-0.3, -0.25) is 19.9 Å². The Labute approximate surface area is 133 Å². The number of fused-ring (bicyclic) bond motifs is 1. The average Bonchev–Trinajstić information content (AvgIpc) is 2.57. The maximum absolute atomic E-state index is 13.0. The van der Waals surface area contributed by atoms with Crippen molar-refractivity contribution in [1.29, 1.82) is 5.26 Å².